The van der Waals surface area contributed by atoms with Crippen LogP contribution in [0.15, 0.2) is 34.9 Å². The van der Waals surface area contributed by atoms with Crippen LogP contribution in [0.25, 0.3) is 21.4 Å². The van der Waals surface area contributed by atoms with E-state index in [9.17, 15) is 0 Å². The highest BCUT2D eigenvalue weighted by atomic mass is 32.1. The Morgan fingerprint density at radius 3 is 2.83 bits per heavy atom. The first kappa shape index (κ1) is 10.9. The maximum absolute atomic E-state index is 9.02. The van der Waals surface area contributed by atoms with E-state index in [0.717, 1.165) is 27.0 Å². The van der Waals surface area contributed by atoms with Gasteiger partial charge in [0.1, 0.15) is 22.8 Å². The molecule has 88 valence electrons. The topological polar surface area (TPSA) is 63.0 Å². The van der Waals surface area contributed by atoms with E-state index in [0.29, 0.717) is 10.6 Å². The highest BCUT2D eigenvalue weighted by Gasteiger charge is 2.17. The number of nitrogen functional groups attached to an aromatic ring is 1. The number of para-hydroxylation sites is 1. The minimum absolute atomic E-state index is 0.563. The monoisotopic (exact) mass is 254 g/mol. The van der Waals surface area contributed by atoms with Crippen molar-refractivity contribution < 1.29 is 4.42 Å². The molecule has 3 nitrogen and oxygen atoms in total. The third-order valence-electron chi connectivity index (χ3n) is 3.02. The molecule has 0 amide bonds. The highest BCUT2D eigenvalue weighted by molar-refractivity contribution is 7.17. The fourth-order valence-electron chi connectivity index (χ4n) is 2.02. The summed E-state index contributed by atoms with van der Waals surface area (Å²) in [6.45, 7) is 1.93. The third-order valence-corrected chi connectivity index (χ3v) is 4.27. The van der Waals surface area contributed by atoms with Gasteiger partial charge in [0.25, 0.3) is 0 Å². The number of thiophene rings is 1. The van der Waals surface area contributed by atoms with Crippen molar-refractivity contribution in [2.24, 2.45) is 0 Å². The van der Waals surface area contributed by atoms with Crippen LogP contribution in [0.5, 0.6) is 0 Å². The Balaban J connectivity index is 2.30. The minimum atomic E-state index is 0.563. The Hall–Kier alpha value is -2.25. The molecule has 0 saturated heterocycles. The molecule has 0 aliphatic rings. The molecule has 3 aromatic rings. The zero-order valence-electron chi connectivity index (χ0n) is 9.73. The summed E-state index contributed by atoms with van der Waals surface area (Å²) in [6, 6.07) is 9.97. The molecule has 3 rings (SSSR count). The van der Waals surface area contributed by atoms with Gasteiger partial charge >= 0.3 is 0 Å². The zero-order valence-corrected chi connectivity index (χ0v) is 10.5. The Kier molecular flexibility index (Phi) is 2.35. The molecule has 0 spiro atoms. The minimum Gasteiger partial charge on any atom is -0.464 e. The summed E-state index contributed by atoms with van der Waals surface area (Å²) >= 11 is 1.41. The van der Waals surface area contributed by atoms with Gasteiger partial charge in [-0.15, -0.1) is 11.3 Å². The lowest BCUT2D eigenvalue weighted by Gasteiger charge is -1.96. The van der Waals surface area contributed by atoms with Crippen molar-refractivity contribution in [3.05, 3.63) is 41.0 Å². The van der Waals surface area contributed by atoms with Crippen LogP contribution in [-0.4, -0.2) is 0 Å². The maximum Gasteiger partial charge on any atom is 0.134 e. The molecular formula is C14H10N2OS. The van der Waals surface area contributed by atoms with Crippen molar-refractivity contribution in [1.29, 1.82) is 5.26 Å². The third kappa shape index (κ3) is 1.41. The molecule has 0 aliphatic carbocycles. The van der Waals surface area contributed by atoms with Crippen LogP contribution in [0, 0.1) is 18.3 Å². The van der Waals surface area contributed by atoms with Gasteiger partial charge in [-0.3, -0.25) is 0 Å². The van der Waals surface area contributed by atoms with E-state index >= 15 is 0 Å². The largest absolute Gasteiger partial charge is 0.464 e. The molecular weight excluding hydrogens is 244 g/mol. The molecule has 1 aromatic carbocycles. The lowest BCUT2D eigenvalue weighted by Crippen LogP contribution is -1.87. The molecule has 18 heavy (non-hydrogen) atoms. The second-order valence-electron chi connectivity index (χ2n) is 4.06. The molecule has 0 radical (unpaired) electrons. The standard InChI is InChI=1S/C14H10N2OS/c1-8-13(16)12(6-15)18-14(8)10-7-17-11-5-3-2-4-9(10)11/h2-5,7H,16H2,1H3. The summed E-state index contributed by atoms with van der Waals surface area (Å²) < 4.78 is 5.52. The predicted molar refractivity (Wildman–Crippen MR) is 73.4 cm³/mol. The number of nitrogens with zero attached hydrogens (tertiary/aromatic N) is 1. The van der Waals surface area contributed by atoms with Crippen molar-refractivity contribution >= 4 is 28.0 Å². The Bertz CT molecular complexity index is 777. The summed E-state index contributed by atoms with van der Waals surface area (Å²) in [5, 5.41) is 10.1. The van der Waals surface area contributed by atoms with Crippen LogP contribution in [-0.2, 0) is 0 Å². The summed E-state index contributed by atoms with van der Waals surface area (Å²) in [6.07, 6.45) is 1.73. The molecule has 0 atom stereocenters. The summed E-state index contributed by atoms with van der Waals surface area (Å²) in [7, 11) is 0. The molecule has 2 N–H and O–H groups in total. The predicted octanol–water partition coefficient (Wildman–Crippen LogP) is 3.92. The number of fused-ring (bicyclic) bond motifs is 1. The van der Waals surface area contributed by atoms with Gasteiger partial charge in [0.05, 0.1) is 5.69 Å². The Labute approximate surface area is 108 Å². The highest BCUT2D eigenvalue weighted by Crippen LogP contribution is 2.41. The second kappa shape index (κ2) is 3.90. The van der Waals surface area contributed by atoms with Gasteiger partial charge in [-0.05, 0) is 18.6 Å². The maximum atomic E-state index is 9.02. The van der Waals surface area contributed by atoms with Crippen molar-refractivity contribution in [2.45, 2.75) is 6.92 Å². The van der Waals surface area contributed by atoms with E-state index in [1.807, 2.05) is 31.2 Å². The number of hydrogen-bond donors (Lipinski definition) is 1. The van der Waals surface area contributed by atoms with E-state index in [2.05, 4.69) is 6.07 Å². The average molecular weight is 254 g/mol. The molecule has 0 aliphatic heterocycles. The van der Waals surface area contributed by atoms with Crippen LogP contribution in [0.2, 0.25) is 0 Å². The van der Waals surface area contributed by atoms with E-state index in [-0.39, 0.29) is 0 Å². The number of nitrogens with two attached hydrogens (primary N) is 1. The van der Waals surface area contributed by atoms with Crippen LogP contribution >= 0.6 is 11.3 Å². The normalized spacial score (nSPS) is 10.7. The van der Waals surface area contributed by atoms with E-state index < -0.39 is 0 Å². The van der Waals surface area contributed by atoms with Gasteiger partial charge in [-0.1, -0.05) is 18.2 Å². The van der Waals surface area contributed by atoms with Crippen LogP contribution in [0.3, 0.4) is 0 Å². The fourth-order valence-corrected chi connectivity index (χ4v) is 3.06. The molecule has 4 heteroatoms. The van der Waals surface area contributed by atoms with E-state index in [4.69, 9.17) is 15.4 Å². The summed E-state index contributed by atoms with van der Waals surface area (Å²) in [4.78, 5) is 1.57. The molecule has 0 unspecified atom stereocenters. The van der Waals surface area contributed by atoms with Crippen molar-refractivity contribution in [3.8, 4) is 16.5 Å². The lowest BCUT2D eigenvalue weighted by atomic mass is 10.1. The van der Waals surface area contributed by atoms with Crippen LogP contribution in [0.4, 0.5) is 5.69 Å². The van der Waals surface area contributed by atoms with Gasteiger partial charge < -0.3 is 10.2 Å². The lowest BCUT2D eigenvalue weighted by molar-refractivity contribution is 0.617. The van der Waals surface area contributed by atoms with Gasteiger partial charge in [-0.25, -0.2) is 0 Å². The number of rotatable bonds is 1. The first-order chi connectivity index (χ1) is 8.72. The Morgan fingerprint density at radius 2 is 2.11 bits per heavy atom. The SMILES string of the molecule is Cc1c(-c2coc3ccccc23)sc(C#N)c1N. The summed E-state index contributed by atoms with van der Waals surface area (Å²) in [5.74, 6) is 0. The first-order valence-electron chi connectivity index (χ1n) is 5.48. The number of nitriles is 1. The van der Waals surface area contributed by atoms with E-state index in [1.54, 1.807) is 6.26 Å². The van der Waals surface area contributed by atoms with Crippen molar-refractivity contribution in [1.82, 2.24) is 0 Å². The molecule has 2 aromatic heterocycles. The average Bonchev–Trinajstić information content (AvgIpc) is 2.93. The van der Waals surface area contributed by atoms with Gasteiger partial charge in [0, 0.05) is 15.8 Å². The first-order valence-corrected chi connectivity index (χ1v) is 6.29. The zero-order chi connectivity index (χ0) is 12.7. The number of benzene rings is 1. The molecule has 2 heterocycles. The summed E-state index contributed by atoms with van der Waals surface area (Å²) in [5.41, 5.74) is 9.29. The van der Waals surface area contributed by atoms with Gasteiger partial charge in [-0.2, -0.15) is 5.26 Å². The van der Waals surface area contributed by atoms with E-state index in [1.165, 1.54) is 11.3 Å². The Morgan fingerprint density at radius 1 is 1.33 bits per heavy atom. The molecule has 0 fully saturated rings. The van der Waals surface area contributed by atoms with Crippen LogP contribution in [0.1, 0.15) is 10.4 Å². The molecule has 0 bridgehead atoms. The number of anilines is 1. The van der Waals surface area contributed by atoms with Crippen LogP contribution < -0.4 is 5.73 Å². The fraction of sp³-hybridized carbons (Fsp3) is 0.0714. The van der Waals surface area contributed by atoms with Gasteiger partial charge in [0.15, 0.2) is 0 Å². The second-order valence-corrected chi connectivity index (χ2v) is 5.08. The number of furan rings is 1. The molecule has 0 saturated carbocycles. The van der Waals surface area contributed by atoms with Crippen molar-refractivity contribution in [3.63, 3.8) is 0 Å². The smallest absolute Gasteiger partial charge is 0.134 e. The van der Waals surface area contributed by atoms with Crippen molar-refractivity contribution in [2.75, 3.05) is 5.73 Å². The van der Waals surface area contributed by atoms with Gasteiger partial charge in [0.2, 0.25) is 0 Å². The number of hydrogen-bond acceptors (Lipinski definition) is 4. The quantitative estimate of drug-likeness (QED) is 0.715.